The van der Waals surface area contributed by atoms with Crippen LogP contribution in [-0.2, 0) is 4.79 Å². The van der Waals surface area contributed by atoms with Gasteiger partial charge in [0, 0.05) is 23.6 Å². The summed E-state index contributed by atoms with van der Waals surface area (Å²) in [4.78, 5) is 24.9. The van der Waals surface area contributed by atoms with Gasteiger partial charge in [0.05, 0.1) is 0 Å². The highest BCUT2D eigenvalue weighted by atomic mass is 32.2. The Morgan fingerprint density at radius 2 is 2.11 bits per heavy atom. The summed E-state index contributed by atoms with van der Waals surface area (Å²) in [6.07, 6.45) is 2.13. The van der Waals surface area contributed by atoms with Gasteiger partial charge in [-0.15, -0.1) is 0 Å². The molecule has 2 amide bonds. The molecule has 1 rings (SSSR count). The van der Waals surface area contributed by atoms with Crippen LogP contribution in [-0.4, -0.2) is 51.6 Å². The summed E-state index contributed by atoms with van der Waals surface area (Å²) in [5.74, 6) is -0.0638. The third-order valence-corrected chi connectivity index (χ3v) is 4.67. The minimum atomic E-state index is -0.959. The molecule has 0 spiro atoms. The number of nitrogens with zero attached hydrogens (tertiary/aromatic N) is 1. The second-order valence-electron chi connectivity index (χ2n) is 5.47. The molecule has 0 aromatic heterocycles. The molecule has 0 aromatic carbocycles. The van der Waals surface area contributed by atoms with E-state index in [0.717, 1.165) is 18.6 Å². The molecule has 1 saturated heterocycles. The number of amides is 2. The van der Waals surface area contributed by atoms with Gasteiger partial charge < -0.3 is 15.3 Å². The molecular weight excluding hydrogens is 264 g/mol. The first-order valence-electron chi connectivity index (χ1n) is 6.78. The van der Waals surface area contributed by atoms with Crippen LogP contribution in [0.4, 0.5) is 4.79 Å². The van der Waals surface area contributed by atoms with Crippen LogP contribution in [0.5, 0.6) is 0 Å². The van der Waals surface area contributed by atoms with Gasteiger partial charge in [0.15, 0.2) is 0 Å². The Labute approximate surface area is 119 Å². The molecule has 5 nitrogen and oxygen atoms in total. The second-order valence-corrected chi connectivity index (χ2v) is 7.28. The maximum atomic E-state index is 12.1. The summed E-state index contributed by atoms with van der Waals surface area (Å²) >= 11 is 1.86. The summed E-state index contributed by atoms with van der Waals surface area (Å²) in [6, 6.07) is -1.03. The van der Waals surface area contributed by atoms with Crippen LogP contribution in [0.2, 0.25) is 0 Å². The van der Waals surface area contributed by atoms with Crippen LogP contribution in [0.25, 0.3) is 0 Å². The molecule has 0 aromatic rings. The molecule has 0 bridgehead atoms. The van der Waals surface area contributed by atoms with Crippen molar-refractivity contribution in [2.75, 3.05) is 18.8 Å². The fraction of sp³-hybridized carbons (Fsp3) is 0.846. The molecule has 0 saturated carbocycles. The third kappa shape index (κ3) is 5.30. The van der Waals surface area contributed by atoms with Crippen LogP contribution in [0.15, 0.2) is 0 Å². The van der Waals surface area contributed by atoms with E-state index in [1.807, 2.05) is 18.7 Å². The normalized spacial score (nSPS) is 20.5. The first kappa shape index (κ1) is 16.1. The van der Waals surface area contributed by atoms with E-state index in [1.54, 1.807) is 4.90 Å². The molecular formula is C13H24N2O3S. The molecule has 0 aliphatic carbocycles. The van der Waals surface area contributed by atoms with Gasteiger partial charge in [0.25, 0.3) is 0 Å². The maximum Gasteiger partial charge on any atom is 0.326 e. The topological polar surface area (TPSA) is 69.6 Å². The van der Waals surface area contributed by atoms with Gasteiger partial charge in [-0.1, -0.05) is 27.2 Å². The Bertz CT molecular complexity index is 334. The number of hydrogen-bond acceptors (Lipinski definition) is 3. The van der Waals surface area contributed by atoms with Gasteiger partial charge in [0.1, 0.15) is 6.04 Å². The van der Waals surface area contributed by atoms with E-state index in [-0.39, 0.29) is 10.8 Å². The molecule has 110 valence electrons. The number of carboxylic acid groups (broad SMARTS) is 1. The first-order chi connectivity index (χ1) is 8.85. The summed E-state index contributed by atoms with van der Waals surface area (Å²) in [5, 5.41) is 11.7. The van der Waals surface area contributed by atoms with E-state index in [9.17, 15) is 9.59 Å². The fourth-order valence-electron chi connectivity index (χ4n) is 2.01. The van der Waals surface area contributed by atoms with Crippen molar-refractivity contribution in [3.63, 3.8) is 0 Å². The molecule has 1 aliphatic heterocycles. The Hall–Kier alpha value is -0.910. The zero-order chi connectivity index (χ0) is 14.5. The van der Waals surface area contributed by atoms with Crippen molar-refractivity contribution in [3.05, 3.63) is 0 Å². The van der Waals surface area contributed by atoms with Crippen LogP contribution in [0.1, 0.15) is 40.0 Å². The van der Waals surface area contributed by atoms with E-state index < -0.39 is 12.0 Å². The molecule has 0 radical (unpaired) electrons. The van der Waals surface area contributed by atoms with Gasteiger partial charge in [-0.25, -0.2) is 9.59 Å². The maximum absolute atomic E-state index is 12.1. The quantitative estimate of drug-likeness (QED) is 0.832. The van der Waals surface area contributed by atoms with Gasteiger partial charge in [-0.05, 0) is 12.8 Å². The number of carbonyl (C=O) groups excluding carboxylic acids is 1. The van der Waals surface area contributed by atoms with Crippen molar-refractivity contribution in [1.82, 2.24) is 10.2 Å². The Morgan fingerprint density at radius 1 is 1.42 bits per heavy atom. The summed E-state index contributed by atoms with van der Waals surface area (Å²) in [5.41, 5.74) is 0. The van der Waals surface area contributed by atoms with Gasteiger partial charge >= 0.3 is 12.0 Å². The van der Waals surface area contributed by atoms with Crippen molar-refractivity contribution in [2.45, 2.75) is 50.8 Å². The molecule has 2 N–H and O–H groups in total. The van der Waals surface area contributed by atoms with Gasteiger partial charge in [-0.2, -0.15) is 11.8 Å². The number of carboxylic acids is 1. The van der Waals surface area contributed by atoms with Crippen LogP contribution >= 0.6 is 11.8 Å². The fourth-order valence-corrected chi connectivity index (χ4v) is 3.11. The highest BCUT2D eigenvalue weighted by Gasteiger charge is 2.27. The van der Waals surface area contributed by atoms with E-state index >= 15 is 0 Å². The average Bonchev–Trinajstić information content (AvgIpc) is 2.49. The monoisotopic (exact) mass is 288 g/mol. The van der Waals surface area contributed by atoms with Crippen molar-refractivity contribution < 1.29 is 14.7 Å². The summed E-state index contributed by atoms with van der Waals surface area (Å²) < 4.78 is 0.185. The number of hydrogen-bond donors (Lipinski definition) is 2. The largest absolute Gasteiger partial charge is 0.480 e. The highest BCUT2D eigenvalue weighted by molar-refractivity contribution is 8.00. The molecule has 1 atom stereocenters. The van der Waals surface area contributed by atoms with E-state index in [4.69, 9.17) is 5.11 Å². The van der Waals surface area contributed by atoms with Crippen LogP contribution in [0.3, 0.4) is 0 Å². The van der Waals surface area contributed by atoms with Gasteiger partial charge in [-0.3, -0.25) is 0 Å². The molecule has 19 heavy (non-hydrogen) atoms. The lowest BCUT2D eigenvalue weighted by Crippen LogP contribution is -2.48. The smallest absolute Gasteiger partial charge is 0.326 e. The standard InChI is InChI=1S/C13H24N2O3S/c1-4-5-10(11(16)17)14-12(18)15-7-6-13(2,3)19-9-8-15/h10H,4-9H2,1-3H3,(H,14,18)(H,16,17). The van der Waals surface area contributed by atoms with Gasteiger partial charge in [0.2, 0.25) is 0 Å². The lowest BCUT2D eigenvalue weighted by molar-refractivity contribution is -0.139. The molecule has 1 unspecified atom stereocenters. The van der Waals surface area contributed by atoms with E-state index in [1.165, 1.54) is 0 Å². The van der Waals surface area contributed by atoms with Crippen molar-refractivity contribution >= 4 is 23.8 Å². The zero-order valence-corrected chi connectivity index (χ0v) is 12.8. The Balaban J connectivity index is 2.54. The Morgan fingerprint density at radius 3 is 2.68 bits per heavy atom. The average molecular weight is 288 g/mol. The second kappa shape index (κ2) is 7.03. The predicted octanol–water partition coefficient (Wildman–Crippen LogP) is 2.17. The van der Waals surface area contributed by atoms with E-state index in [0.29, 0.717) is 19.5 Å². The number of nitrogens with one attached hydrogen (secondary N) is 1. The SMILES string of the molecule is CCCC(NC(=O)N1CCSC(C)(C)CC1)C(=O)O. The Kier molecular flexibility index (Phi) is 5.97. The predicted molar refractivity (Wildman–Crippen MR) is 77.6 cm³/mol. The number of rotatable bonds is 4. The minimum absolute atomic E-state index is 0.185. The number of thioether (sulfide) groups is 1. The van der Waals surface area contributed by atoms with Crippen molar-refractivity contribution in [3.8, 4) is 0 Å². The highest BCUT2D eigenvalue weighted by Crippen LogP contribution is 2.30. The minimum Gasteiger partial charge on any atom is -0.480 e. The lowest BCUT2D eigenvalue weighted by Gasteiger charge is -2.24. The number of aliphatic carboxylic acids is 1. The summed E-state index contributed by atoms with van der Waals surface area (Å²) in [7, 11) is 0. The van der Waals surface area contributed by atoms with Crippen LogP contribution in [0, 0.1) is 0 Å². The lowest BCUT2D eigenvalue weighted by atomic mass is 10.1. The van der Waals surface area contributed by atoms with Crippen molar-refractivity contribution in [2.24, 2.45) is 0 Å². The zero-order valence-electron chi connectivity index (χ0n) is 11.9. The first-order valence-corrected chi connectivity index (χ1v) is 7.76. The molecule has 1 fully saturated rings. The molecule has 1 heterocycles. The third-order valence-electron chi connectivity index (χ3n) is 3.30. The summed E-state index contributed by atoms with van der Waals surface area (Å²) in [6.45, 7) is 7.63. The van der Waals surface area contributed by atoms with E-state index in [2.05, 4.69) is 19.2 Å². The number of urea groups is 1. The molecule has 1 aliphatic rings. The molecule has 6 heteroatoms. The van der Waals surface area contributed by atoms with Crippen molar-refractivity contribution in [1.29, 1.82) is 0 Å². The van der Waals surface area contributed by atoms with Crippen LogP contribution < -0.4 is 5.32 Å². The number of carbonyl (C=O) groups is 2.